The maximum atomic E-state index is 13.5. The van der Waals surface area contributed by atoms with E-state index in [9.17, 15) is 19.5 Å². The van der Waals surface area contributed by atoms with Gasteiger partial charge in [0.2, 0.25) is 0 Å². The van der Waals surface area contributed by atoms with Crippen LogP contribution in [0.25, 0.3) is 11.0 Å². The second-order valence-corrected chi connectivity index (χ2v) is 10.3. The van der Waals surface area contributed by atoms with Gasteiger partial charge in [-0.3, -0.25) is 14.4 Å². The van der Waals surface area contributed by atoms with Crippen LogP contribution in [0, 0.1) is 0 Å². The molecule has 3 aromatic carbocycles. The summed E-state index contributed by atoms with van der Waals surface area (Å²) in [5.74, 6) is -1.49. The van der Waals surface area contributed by atoms with Crippen LogP contribution in [0.2, 0.25) is 5.02 Å². The number of carbonyl (C=O) groups is 3. The molecule has 1 saturated heterocycles. The number of fused-ring (bicyclic) bond motifs is 2. The van der Waals surface area contributed by atoms with E-state index in [4.69, 9.17) is 26.6 Å². The van der Waals surface area contributed by atoms with E-state index < -0.39 is 24.0 Å². The summed E-state index contributed by atoms with van der Waals surface area (Å²) in [6, 6.07) is 17.4. The zero-order valence-electron chi connectivity index (χ0n) is 21.7. The lowest BCUT2D eigenvalue weighted by atomic mass is 9.99. The molecule has 4 aromatic rings. The van der Waals surface area contributed by atoms with Crippen molar-refractivity contribution in [3.8, 4) is 0 Å². The molecule has 2 atom stereocenters. The van der Waals surface area contributed by atoms with Crippen molar-refractivity contribution in [1.82, 2.24) is 10.1 Å². The summed E-state index contributed by atoms with van der Waals surface area (Å²) < 4.78 is 10.6. The van der Waals surface area contributed by atoms with Gasteiger partial charge < -0.3 is 35.2 Å². The molecule has 2 aliphatic heterocycles. The highest BCUT2D eigenvalue weighted by atomic mass is 35.5. The van der Waals surface area contributed by atoms with Gasteiger partial charge in [0, 0.05) is 37.1 Å². The molecule has 0 radical (unpaired) electrons. The molecule has 0 bridgehead atoms. The molecule has 41 heavy (non-hydrogen) atoms. The number of nitrogen functional groups attached to an aromatic ring is 1. The van der Waals surface area contributed by atoms with Crippen molar-refractivity contribution in [3.05, 3.63) is 82.4 Å². The van der Waals surface area contributed by atoms with Gasteiger partial charge in [0.25, 0.3) is 17.7 Å². The Morgan fingerprint density at radius 2 is 1.90 bits per heavy atom. The number of halogens is 1. The first-order chi connectivity index (χ1) is 19.8. The van der Waals surface area contributed by atoms with Gasteiger partial charge in [-0.05, 0) is 47.9 Å². The molecule has 0 aliphatic carbocycles. The summed E-state index contributed by atoms with van der Waals surface area (Å²) in [5, 5.41) is 17.8. The van der Waals surface area contributed by atoms with Crippen molar-refractivity contribution in [2.45, 2.75) is 25.2 Å². The van der Waals surface area contributed by atoms with Crippen molar-refractivity contribution in [2.75, 3.05) is 35.6 Å². The number of nitrogens with zero attached hydrogens (tertiary/aromatic N) is 3. The molecule has 1 aromatic heterocycles. The fourth-order valence-electron chi connectivity index (χ4n) is 5.16. The van der Waals surface area contributed by atoms with Gasteiger partial charge in [-0.25, -0.2) is 0 Å². The number of carbonyl (C=O) groups excluding carboxylic acids is 3. The molecule has 2 unspecified atom stereocenters. The number of nitrogens with one attached hydrogen (secondary N) is 1. The van der Waals surface area contributed by atoms with Crippen LogP contribution >= 0.6 is 11.6 Å². The van der Waals surface area contributed by atoms with Gasteiger partial charge >= 0.3 is 0 Å². The van der Waals surface area contributed by atoms with Crippen LogP contribution in [0.5, 0.6) is 0 Å². The lowest BCUT2D eigenvalue weighted by Crippen LogP contribution is -2.55. The standard InChI is InChI=1S/C29H26ClN5O6/c30-22-8-6-19(14-21(22)28(38)34-10-9-16-3-1-2-4-17(16)15-34)35-11-12-40-25(29(35)39)24(36)27(37)32-18-5-7-20-23(13-18)41-33-26(20)31/h1-8,13-14,24-25,36H,9-12,15H2,(H2,31,33)(H,32,37). The average molecular weight is 576 g/mol. The normalized spacial score (nSPS) is 17.8. The van der Waals surface area contributed by atoms with E-state index in [1.165, 1.54) is 16.5 Å². The monoisotopic (exact) mass is 575 g/mol. The predicted octanol–water partition coefficient (Wildman–Crippen LogP) is 2.99. The van der Waals surface area contributed by atoms with E-state index in [1.807, 2.05) is 18.2 Å². The van der Waals surface area contributed by atoms with Crippen LogP contribution in [-0.2, 0) is 27.3 Å². The maximum absolute atomic E-state index is 13.5. The number of ether oxygens (including phenoxy) is 1. The van der Waals surface area contributed by atoms with Crippen LogP contribution < -0.4 is 16.0 Å². The summed E-state index contributed by atoms with van der Waals surface area (Å²) in [6.07, 6.45) is -2.52. The fraction of sp³-hybridized carbons (Fsp3) is 0.241. The summed E-state index contributed by atoms with van der Waals surface area (Å²) in [4.78, 5) is 42.8. The van der Waals surface area contributed by atoms with Gasteiger partial charge in [0.1, 0.15) is 0 Å². The minimum Gasteiger partial charge on any atom is -0.380 e. The Hall–Kier alpha value is -4.45. The smallest absolute Gasteiger partial charge is 0.259 e. The third-order valence-electron chi connectivity index (χ3n) is 7.35. The summed E-state index contributed by atoms with van der Waals surface area (Å²) in [5.41, 5.74) is 9.37. The Balaban J connectivity index is 1.17. The van der Waals surface area contributed by atoms with Crippen molar-refractivity contribution >= 4 is 57.5 Å². The molecule has 3 heterocycles. The lowest BCUT2D eigenvalue weighted by molar-refractivity contribution is -0.150. The number of benzene rings is 3. The minimum absolute atomic E-state index is 0.0683. The highest BCUT2D eigenvalue weighted by Gasteiger charge is 2.39. The average Bonchev–Trinajstić information content (AvgIpc) is 3.36. The van der Waals surface area contributed by atoms with Crippen molar-refractivity contribution in [3.63, 3.8) is 0 Å². The van der Waals surface area contributed by atoms with Gasteiger partial charge in [0.15, 0.2) is 23.6 Å². The van der Waals surface area contributed by atoms with Crippen LogP contribution in [0.3, 0.4) is 0 Å². The van der Waals surface area contributed by atoms with E-state index in [2.05, 4.69) is 16.5 Å². The number of rotatable bonds is 5. The molecular weight excluding hydrogens is 550 g/mol. The number of aliphatic hydroxyl groups is 1. The highest BCUT2D eigenvalue weighted by Crippen LogP contribution is 2.29. The van der Waals surface area contributed by atoms with Crippen molar-refractivity contribution in [1.29, 1.82) is 0 Å². The molecule has 11 nitrogen and oxygen atoms in total. The molecule has 1 fully saturated rings. The Morgan fingerprint density at radius 1 is 1.10 bits per heavy atom. The van der Waals surface area contributed by atoms with Crippen LogP contribution in [0.1, 0.15) is 21.5 Å². The molecule has 3 amide bonds. The summed E-state index contributed by atoms with van der Waals surface area (Å²) >= 11 is 6.44. The number of hydrogen-bond donors (Lipinski definition) is 3. The highest BCUT2D eigenvalue weighted by molar-refractivity contribution is 6.34. The first-order valence-corrected chi connectivity index (χ1v) is 13.4. The maximum Gasteiger partial charge on any atom is 0.259 e. The third kappa shape index (κ3) is 5.10. The minimum atomic E-state index is -1.80. The zero-order valence-corrected chi connectivity index (χ0v) is 22.5. The number of aliphatic hydroxyl groups excluding tert-OH is 1. The molecule has 6 rings (SSSR count). The quantitative estimate of drug-likeness (QED) is 0.328. The predicted molar refractivity (Wildman–Crippen MR) is 151 cm³/mol. The molecule has 0 spiro atoms. The van der Waals surface area contributed by atoms with Gasteiger partial charge in [0.05, 0.1) is 22.6 Å². The largest absolute Gasteiger partial charge is 0.380 e. The molecule has 210 valence electrons. The second kappa shape index (κ2) is 10.8. The van der Waals surface area contributed by atoms with E-state index in [0.29, 0.717) is 35.4 Å². The number of aromatic nitrogens is 1. The molecule has 2 aliphatic rings. The fourth-order valence-corrected chi connectivity index (χ4v) is 5.36. The number of nitrogens with two attached hydrogens (primary N) is 1. The molecular formula is C29H26ClN5O6. The second-order valence-electron chi connectivity index (χ2n) is 9.90. The Kier molecular flexibility index (Phi) is 7.08. The number of amides is 3. The van der Waals surface area contributed by atoms with Crippen LogP contribution in [-0.4, -0.2) is 64.8 Å². The van der Waals surface area contributed by atoms with Gasteiger partial charge in [-0.15, -0.1) is 0 Å². The Labute approximate surface area is 239 Å². The van der Waals surface area contributed by atoms with Gasteiger partial charge in [-0.1, -0.05) is 41.0 Å². The Bertz CT molecular complexity index is 1670. The Morgan fingerprint density at radius 3 is 2.73 bits per heavy atom. The third-order valence-corrected chi connectivity index (χ3v) is 7.68. The molecule has 12 heteroatoms. The van der Waals surface area contributed by atoms with E-state index >= 15 is 0 Å². The summed E-state index contributed by atoms with van der Waals surface area (Å²) in [6.45, 7) is 1.25. The summed E-state index contributed by atoms with van der Waals surface area (Å²) in [7, 11) is 0. The number of morpholine rings is 1. The van der Waals surface area contributed by atoms with Crippen LogP contribution in [0.4, 0.5) is 17.2 Å². The van der Waals surface area contributed by atoms with Crippen LogP contribution in [0.15, 0.2) is 65.2 Å². The molecule has 0 saturated carbocycles. The van der Waals surface area contributed by atoms with E-state index in [0.717, 1.165) is 12.0 Å². The topological polar surface area (TPSA) is 151 Å². The molecule has 4 N–H and O–H groups in total. The van der Waals surface area contributed by atoms with E-state index in [-0.39, 0.29) is 35.5 Å². The van der Waals surface area contributed by atoms with Crippen molar-refractivity contribution < 1.29 is 28.8 Å². The SMILES string of the molecule is Nc1noc2cc(NC(=O)C(O)C3OCCN(c4ccc(Cl)c(C(=O)N5CCc6ccccc6C5)c4)C3=O)ccc12. The number of anilines is 3. The zero-order chi connectivity index (χ0) is 28.7. The van der Waals surface area contributed by atoms with Crippen molar-refractivity contribution in [2.24, 2.45) is 0 Å². The lowest BCUT2D eigenvalue weighted by Gasteiger charge is -2.34. The first kappa shape index (κ1) is 26.8. The first-order valence-electron chi connectivity index (χ1n) is 13.0. The number of hydrogen-bond acceptors (Lipinski definition) is 8. The van der Waals surface area contributed by atoms with E-state index in [1.54, 1.807) is 35.2 Å². The van der Waals surface area contributed by atoms with Gasteiger partial charge in [-0.2, -0.15) is 0 Å².